The lowest BCUT2D eigenvalue weighted by Crippen LogP contribution is -2.20. The highest BCUT2D eigenvalue weighted by molar-refractivity contribution is 9.10. The van der Waals surface area contributed by atoms with Crippen LogP contribution in [0.15, 0.2) is 46.9 Å². The lowest BCUT2D eigenvalue weighted by atomic mass is 9.89. The average molecular weight is 355 g/mol. The summed E-state index contributed by atoms with van der Waals surface area (Å²) in [7, 11) is 0. The van der Waals surface area contributed by atoms with Crippen LogP contribution in [0.2, 0.25) is 5.02 Å². The molecule has 0 saturated carbocycles. The van der Waals surface area contributed by atoms with Crippen molar-refractivity contribution in [1.29, 1.82) is 0 Å². The first-order chi connectivity index (χ1) is 9.52. The van der Waals surface area contributed by atoms with E-state index in [-0.39, 0.29) is 5.92 Å². The topological polar surface area (TPSA) is 46.2 Å². The summed E-state index contributed by atoms with van der Waals surface area (Å²) in [6.07, 6.45) is -0.656. The molecule has 2 unspecified atom stereocenters. The minimum Gasteiger partial charge on any atom is -0.388 e. The second kappa shape index (κ2) is 6.72. The van der Waals surface area contributed by atoms with Crippen LogP contribution in [0.25, 0.3) is 0 Å². The lowest BCUT2D eigenvalue weighted by Gasteiger charge is -2.23. The number of benzene rings is 2. The standard InChI is InChI=1S/C16H17BrClNO/c1-10-2-4-11(5-3-10)13(9-19)16(20)12-6-7-15(18)14(17)8-12/h2-8,13,16,20H,9,19H2,1H3. The molecule has 2 rings (SSSR count). The molecule has 2 nitrogen and oxygen atoms in total. The van der Waals surface area contributed by atoms with Crippen LogP contribution in [0.3, 0.4) is 0 Å². The molecule has 0 spiro atoms. The summed E-state index contributed by atoms with van der Waals surface area (Å²) >= 11 is 9.36. The van der Waals surface area contributed by atoms with Gasteiger partial charge in [0.1, 0.15) is 0 Å². The summed E-state index contributed by atoms with van der Waals surface area (Å²) in [5, 5.41) is 11.2. The number of rotatable bonds is 4. The molecular formula is C16H17BrClNO. The van der Waals surface area contributed by atoms with Gasteiger partial charge >= 0.3 is 0 Å². The summed E-state index contributed by atoms with van der Waals surface area (Å²) in [5.41, 5.74) is 8.88. The van der Waals surface area contributed by atoms with Gasteiger partial charge in [-0.2, -0.15) is 0 Å². The van der Waals surface area contributed by atoms with Crippen LogP contribution in [0.1, 0.15) is 28.7 Å². The Kier molecular flexibility index (Phi) is 5.22. The van der Waals surface area contributed by atoms with Crippen molar-refractivity contribution < 1.29 is 5.11 Å². The maximum atomic E-state index is 10.6. The number of halogens is 2. The zero-order valence-electron chi connectivity index (χ0n) is 11.2. The highest BCUT2D eigenvalue weighted by Gasteiger charge is 2.22. The van der Waals surface area contributed by atoms with E-state index < -0.39 is 6.10 Å². The van der Waals surface area contributed by atoms with Crippen LogP contribution in [-0.2, 0) is 0 Å². The first-order valence-corrected chi connectivity index (χ1v) is 7.59. The van der Waals surface area contributed by atoms with Crippen LogP contribution in [-0.4, -0.2) is 11.7 Å². The Bertz CT molecular complexity index is 586. The minimum atomic E-state index is -0.656. The van der Waals surface area contributed by atoms with Gasteiger partial charge in [0.2, 0.25) is 0 Å². The number of hydrogen-bond acceptors (Lipinski definition) is 2. The van der Waals surface area contributed by atoms with Crippen LogP contribution < -0.4 is 5.73 Å². The Morgan fingerprint density at radius 3 is 2.30 bits per heavy atom. The predicted octanol–water partition coefficient (Wildman–Crippen LogP) is 4.19. The van der Waals surface area contributed by atoms with E-state index in [2.05, 4.69) is 15.9 Å². The third-order valence-electron chi connectivity index (χ3n) is 3.43. The van der Waals surface area contributed by atoms with Gasteiger partial charge in [0, 0.05) is 16.9 Å². The molecule has 0 radical (unpaired) electrons. The molecule has 2 atom stereocenters. The van der Waals surface area contributed by atoms with Crippen molar-refractivity contribution in [2.75, 3.05) is 6.54 Å². The largest absolute Gasteiger partial charge is 0.388 e. The smallest absolute Gasteiger partial charge is 0.0871 e. The summed E-state index contributed by atoms with van der Waals surface area (Å²) in [4.78, 5) is 0. The van der Waals surface area contributed by atoms with Gasteiger partial charge in [-0.05, 0) is 46.1 Å². The molecule has 0 heterocycles. The average Bonchev–Trinajstić information content (AvgIpc) is 2.44. The molecule has 20 heavy (non-hydrogen) atoms. The molecule has 106 valence electrons. The lowest BCUT2D eigenvalue weighted by molar-refractivity contribution is 0.147. The molecule has 0 aliphatic rings. The Labute approximate surface area is 132 Å². The number of hydrogen-bond donors (Lipinski definition) is 2. The van der Waals surface area contributed by atoms with Crippen molar-refractivity contribution in [1.82, 2.24) is 0 Å². The van der Waals surface area contributed by atoms with Crippen LogP contribution >= 0.6 is 27.5 Å². The van der Waals surface area contributed by atoms with Gasteiger partial charge in [0.05, 0.1) is 11.1 Å². The number of nitrogens with two attached hydrogens (primary N) is 1. The van der Waals surface area contributed by atoms with Crippen LogP contribution in [0.5, 0.6) is 0 Å². The fraction of sp³-hybridized carbons (Fsp3) is 0.250. The summed E-state index contributed by atoms with van der Waals surface area (Å²) in [6.45, 7) is 2.42. The van der Waals surface area contributed by atoms with E-state index in [1.165, 1.54) is 5.56 Å². The molecule has 4 heteroatoms. The summed E-state index contributed by atoms with van der Waals surface area (Å²) in [6, 6.07) is 13.5. The molecule has 0 aliphatic carbocycles. The van der Waals surface area contributed by atoms with E-state index in [1.54, 1.807) is 6.07 Å². The monoisotopic (exact) mass is 353 g/mol. The van der Waals surface area contributed by atoms with E-state index >= 15 is 0 Å². The second-order valence-corrected chi connectivity index (χ2v) is 6.13. The Balaban J connectivity index is 2.30. The molecule has 2 aromatic rings. The minimum absolute atomic E-state index is 0.135. The maximum Gasteiger partial charge on any atom is 0.0871 e. The molecule has 3 N–H and O–H groups in total. The highest BCUT2D eigenvalue weighted by atomic mass is 79.9. The second-order valence-electron chi connectivity index (χ2n) is 4.87. The number of aliphatic hydroxyl groups is 1. The predicted molar refractivity (Wildman–Crippen MR) is 87.1 cm³/mol. The third-order valence-corrected chi connectivity index (χ3v) is 4.64. The van der Waals surface area contributed by atoms with Gasteiger partial charge in [-0.25, -0.2) is 0 Å². The number of aryl methyl sites for hydroxylation is 1. The SMILES string of the molecule is Cc1ccc(C(CN)C(O)c2ccc(Cl)c(Br)c2)cc1. The normalized spacial score (nSPS) is 14.1. The van der Waals surface area contributed by atoms with Crippen molar-refractivity contribution >= 4 is 27.5 Å². The van der Waals surface area contributed by atoms with Crippen molar-refractivity contribution in [3.05, 3.63) is 68.7 Å². The molecule has 0 saturated heterocycles. The van der Waals surface area contributed by atoms with E-state index in [0.29, 0.717) is 11.6 Å². The van der Waals surface area contributed by atoms with E-state index in [4.69, 9.17) is 17.3 Å². The van der Waals surface area contributed by atoms with Gasteiger partial charge in [-0.15, -0.1) is 0 Å². The van der Waals surface area contributed by atoms with Gasteiger partial charge in [-0.3, -0.25) is 0 Å². The number of aliphatic hydroxyl groups excluding tert-OH is 1. The molecule has 0 aliphatic heterocycles. The zero-order chi connectivity index (χ0) is 14.7. The first kappa shape index (κ1) is 15.5. The van der Waals surface area contributed by atoms with Crippen LogP contribution in [0, 0.1) is 6.92 Å². The van der Waals surface area contributed by atoms with E-state index in [1.807, 2.05) is 43.3 Å². The summed E-state index contributed by atoms with van der Waals surface area (Å²) < 4.78 is 0.774. The summed E-state index contributed by atoms with van der Waals surface area (Å²) in [5.74, 6) is -0.135. The van der Waals surface area contributed by atoms with Crippen LogP contribution in [0.4, 0.5) is 0 Å². The highest BCUT2D eigenvalue weighted by Crippen LogP contribution is 2.33. The molecule has 0 bridgehead atoms. The van der Waals surface area contributed by atoms with Crippen molar-refractivity contribution in [3.8, 4) is 0 Å². The Morgan fingerprint density at radius 1 is 1.15 bits per heavy atom. The van der Waals surface area contributed by atoms with Gasteiger partial charge in [0.15, 0.2) is 0 Å². The molecule has 0 fully saturated rings. The fourth-order valence-corrected chi connectivity index (χ4v) is 2.70. The molecule has 0 aromatic heterocycles. The molecule has 0 amide bonds. The Morgan fingerprint density at radius 2 is 1.75 bits per heavy atom. The van der Waals surface area contributed by atoms with Crippen molar-refractivity contribution in [2.45, 2.75) is 18.9 Å². The Hall–Kier alpha value is -0.870. The fourth-order valence-electron chi connectivity index (χ4n) is 2.19. The third kappa shape index (κ3) is 3.41. The van der Waals surface area contributed by atoms with Gasteiger partial charge in [0.25, 0.3) is 0 Å². The van der Waals surface area contributed by atoms with E-state index in [9.17, 15) is 5.11 Å². The van der Waals surface area contributed by atoms with Crippen molar-refractivity contribution in [2.24, 2.45) is 5.73 Å². The molecular weight excluding hydrogens is 338 g/mol. The first-order valence-electron chi connectivity index (χ1n) is 6.42. The molecule has 2 aromatic carbocycles. The zero-order valence-corrected chi connectivity index (χ0v) is 13.5. The van der Waals surface area contributed by atoms with Crippen molar-refractivity contribution in [3.63, 3.8) is 0 Å². The maximum absolute atomic E-state index is 10.6. The quantitative estimate of drug-likeness (QED) is 0.865. The van der Waals surface area contributed by atoms with Gasteiger partial charge < -0.3 is 10.8 Å². The van der Waals surface area contributed by atoms with E-state index in [0.717, 1.165) is 15.6 Å². The van der Waals surface area contributed by atoms with Gasteiger partial charge in [-0.1, -0.05) is 47.5 Å².